The normalized spacial score (nSPS) is 12.9. The third-order valence-electron chi connectivity index (χ3n) is 6.94. The third kappa shape index (κ3) is 2.69. The van der Waals surface area contributed by atoms with E-state index in [0.717, 1.165) is 43.8 Å². The minimum Gasteiger partial charge on any atom is -0.207 e. The lowest BCUT2D eigenvalue weighted by molar-refractivity contribution is 0.627. The van der Waals surface area contributed by atoms with Crippen LogP contribution in [0, 0.1) is 11.6 Å². The second kappa shape index (κ2) is 7.10. The molecule has 0 amide bonds. The highest BCUT2D eigenvalue weighted by molar-refractivity contribution is 6.00. The van der Waals surface area contributed by atoms with E-state index in [2.05, 4.69) is 48.5 Å². The zero-order valence-corrected chi connectivity index (χ0v) is 18.1. The lowest BCUT2D eigenvalue weighted by atomic mass is 9.97. The molecule has 0 nitrogen and oxygen atoms in total. The van der Waals surface area contributed by atoms with E-state index in [4.69, 9.17) is 0 Å². The molecule has 0 saturated carbocycles. The minimum absolute atomic E-state index is 0.239. The highest BCUT2D eigenvalue weighted by atomic mass is 19.1. The van der Waals surface area contributed by atoms with Crippen molar-refractivity contribution in [1.82, 2.24) is 0 Å². The van der Waals surface area contributed by atoms with Crippen LogP contribution in [-0.4, -0.2) is 0 Å². The van der Waals surface area contributed by atoms with E-state index in [9.17, 15) is 8.78 Å². The average molecular weight is 440 g/mol. The molecule has 0 aliphatic heterocycles. The summed E-state index contributed by atoms with van der Waals surface area (Å²) < 4.78 is 27.4. The number of hydrogen-bond donors (Lipinski definition) is 0. The molecule has 0 saturated heterocycles. The first-order valence-electron chi connectivity index (χ1n) is 11.3. The van der Waals surface area contributed by atoms with Gasteiger partial charge in [0.15, 0.2) is 0 Å². The Hall–Kier alpha value is -4.30. The molecular formula is C32H18F2. The van der Waals surface area contributed by atoms with E-state index in [1.807, 2.05) is 36.4 Å². The molecule has 34 heavy (non-hydrogen) atoms. The number of benzene rings is 5. The molecule has 2 heteroatoms. The predicted octanol–water partition coefficient (Wildman–Crippen LogP) is 6.42. The predicted molar refractivity (Wildman–Crippen MR) is 133 cm³/mol. The maximum atomic E-state index is 13.7. The molecule has 0 atom stereocenters. The fourth-order valence-corrected chi connectivity index (χ4v) is 5.48. The molecule has 7 rings (SSSR count). The SMILES string of the molecule is Fc1ccc(C2=c3cc4c(cc3-c3ccccc32)=C(c2ccc(F)cc2)c2ccccc2-4)cc1. The van der Waals surface area contributed by atoms with Crippen molar-refractivity contribution in [3.8, 4) is 22.3 Å². The van der Waals surface area contributed by atoms with Gasteiger partial charge >= 0.3 is 0 Å². The van der Waals surface area contributed by atoms with Crippen molar-refractivity contribution in [2.24, 2.45) is 0 Å². The van der Waals surface area contributed by atoms with Gasteiger partial charge in [0.2, 0.25) is 0 Å². The smallest absolute Gasteiger partial charge is 0.123 e. The number of halogens is 2. The Labute approximate surface area is 195 Å². The molecule has 5 aromatic carbocycles. The van der Waals surface area contributed by atoms with E-state index in [1.165, 1.54) is 46.5 Å². The zero-order chi connectivity index (χ0) is 22.8. The van der Waals surface area contributed by atoms with E-state index in [0.29, 0.717) is 0 Å². The molecule has 5 aromatic rings. The molecule has 0 spiro atoms. The van der Waals surface area contributed by atoms with Crippen molar-refractivity contribution in [3.63, 3.8) is 0 Å². The van der Waals surface area contributed by atoms with Crippen LogP contribution in [0.4, 0.5) is 8.78 Å². The van der Waals surface area contributed by atoms with Crippen molar-refractivity contribution in [2.45, 2.75) is 0 Å². The standard InChI is InChI=1S/C32H18F2/c33-21-13-9-19(10-14-21)31-25-7-3-1-5-23(25)27-17-30-28(18-29(27)31)24-6-2-4-8-26(24)32(30)20-11-15-22(34)16-12-20/h1-18H. The van der Waals surface area contributed by atoms with Crippen LogP contribution in [-0.2, 0) is 0 Å². The Balaban J connectivity index is 1.62. The summed E-state index contributed by atoms with van der Waals surface area (Å²) in [5.74, 6) is -0.477. The van der Waals surface area contributed by atoms with Crippen LogP contribution >= 0.6 is 0 Å². The second-order valence-corrected chi connectivity index (χ2v) is 8.80. The Bertz CT molecular complexity index is 1610. The van der Waals surface area contributed by atoms with Crippen molar-refractivity contribution in [1.29, 1.82) is 0 Å². The van der Waals surface area contributed by atoms with E-state index < -0.39 is 0 Å². The first-order chi connectivity index (χ1) is 16.7. The monoisotopic (exact) mass is 440 g/mol. The first kappa shape index (κ1) is 19.2. The van der Waals surface area contributed by atoms with Gasteiger partial charge in [0.1, 0.15) is 11.6 Å². The van der Waals surface area contributed by atoms with Crippen molar-refractivity contribution >= 4 is 11.1 Å². The molecule has 2 aliphatic rings. The van der Waals surface area contributed by atoms with Crippen LogP contribution in [0.15, 0.2) is 109 Å². The first-order valence-corrected chi connectivity index (χ1v) is 11.3. The minimum atomic E-state index is -0.239. The van der Waals surface area contributed by atoms with Gasteiger partial charge in [-0.25, -0.2) is 8.78 Å². The fourth-order valence-electron chi connectivity index (χ4n) is 5.48. The van der Waals surface area contributed by atoms with Crippen LogP contribution in [0.3, 0.4) is 0 Å². The summed E-state index contributed by atoms with van der Waals surface area (Å²) in [6, 6.07) is 34.8. The summed E-state index contributed by atoms with van der Waals surface area (Å²) in [7, 11) is 0. The summed E-state index contributed by atoms with van der Waals surface area (Å²) in [6.07, 6.45) is 0. The summed E-state index contributed by atoms with van der Waals surface area (Å²) in [5, 5.41) is 2.31. The Kier molecular flexibility index (Phi) is 4.01. The zero-order valence-electron chi connectivity index (χ0n) is 18.1. The number of rotatable bonds is 2. The van der Waals surface area contributed by atoms with E-state index >= 15 is 0 Å². The van der Waals surface area contributed by atoms with E-state index in [1.54, 1.807) is 0 Å². The van der Waals surface area contributed by atoms with Gasteiger partial charge in [0.25, 0.3) is 0 Å². The van der Waals surface area contributed by atoms with Crippen LogP contribution in [0.2, 0.25) is 0 Å². The third-order valence-corrected chi connectivity index (χ3v) is 6.94. The van der Waals surface area contributed by atoms with Gasteiger partial charge in [-0.3, -0.25) is 0 Å². The Morgan fingerprint density at radius 3 is 1.09 bits per heavy atom. The van der Waals surface area contributed by atoms with Gasteiger partial charge in [-0.2, -0.15) is 0 Å². The van der Waals surface area contributed by atoms with Crippen molar-refractivity contribution < 1.29 is 8.78 Å². The number of hydrogen-bond acceptors (Lipinski definition) is 0. The Morgan fingerprint density at radius 1 is 0.353 bits per heavy atom. The van der Waals surface area contributed by atoms with Gasteiger partial charge in [0.05, 0.1) is 0 Å². The van der Waals surface area contributed by atoms with Gasteiger partial charge < -0.3 is 0 Å². The van der Waals surface area contributed by atoms with Gasteiger partial charge in [-0.05, 0) is 102 Å². The molecule has 0 unspecified atom stereocenters. The van der Waals surface area contributed by atoms with E-state index in [-0.39, 0.29) is 11.6 Å². The highest BCUT2D eigenvalue weighted by Gasteiger charge is 2.26. The van der Waals surface area contributed by atoms with Gasteiger partial charge in [-0.15, -0.1) is 0 Å². The van der Waals surface area contributed by atoms with Crippen molar-refractivity contribution in [2.75, 3.05) is 0 Å². The molecule has 0 heterocycles. The molecule has 160 valence electrons. The molecule has 2 aliphatic carbocycles. The maximum Gasteiger partial charge on any atom is 0.123 e. The largest absolute Gasteiger partial charge is 0.207 e. The maximum absolute atomic E-state index is 13.7. The lowest BCUT2D eigenvalue weighted by Gasteiger charge is -2.07. The summed E-state index contributed by atoms with van der Waals surface area (Å²) in [4.78, 5) is 0. The summed E-state index contributed by atoms with van der Waals surface area (Å²) in [6.45, 7) is 0. The molecule has 0 radical (unpaired) electrons. The highest BCUT2D eigenvalue weighted by Crippen LogP contribution is 2.39. The van der Waals surface area contributed by atoms with Gasteiger partial charge in [-0.1, -0.05) is 72.8 Å². The molecule has 0 bridgehead atoms. The second-order valence-electron chi connectivity index (χ2n) is 8.80. The topological polar surface area (TPSA) is 0 Å². The quantitative estimate of drug-likeness (QED) is 0.291. The number of fused-ring (bicyclic) bond motifs is 6. The molecular weight excluding hydrogens is 422 g/mol. The van der Waals surface area contributed by atoms with Crippen LogP contribution < -0.4 is 10.4 Å². The molecule has 0 fully saturated rings. The Morgan fingerprint density at radius 2 is 0.706 bits per heavy atom. The van der Waals surface area contributed by atoms with Crippen LogP contribution in [0.25, 0.3) is 33.4 Å². The van der Waals surface area contributed by atoms with Crippen LogP contribution in [0.5, 0.6) is 0 Å². The van der Waals surface area contributed by atoms with Crippen molar-refractivity contribution in [3.05, 3.63) is 154 Å². The fraction of sp³-hybridized carbons (Fsp3) is 0. The van der Waals surface area contributed by atoms with Gasteiger partial charge in [0, 0.05) is 0 Å². The summed E-state index contributed by atoms with van der Waals surface area (Å²) >= 11 is 0. The van der Waals surface area contributed by atoms with Crippen LogP contribution in [0.1, 0.15) is 22.3 Å². The average Bonchev–Trinajstić information content (AvgIpc) is 3.36. The molecule has 0 N–H and O–H groups in total. The lowest BCUT2D eigenvalue weighted by Crippen LogP contribution is -2.15. The summed E-state index contributed by atoms with van der Waals surface area (Å²) in [5.41, 5.74) is 11.3. The molecule has 0 aromatic heterocycles.